The first kappa shape index (κ1) is 17.0. The first-order valence-electron chi connectivity index (χ1n) is 7.49. The van der Waals surface area contributed by atoms with Gasteiger partial charge in [0.05, 0.1) is 21.3 Å². The van der Waals surface area contributed by atoms with Gasteiger partial charge in [-0.25, -0.2) is 4.21 Å². The van der Waals surface area contributed by atoms with Crippen LogP contribution in [0.5, 0.6) is 5.75 Å². The minimum atomic E-state index is -1.77. The average Bonchev–Trinajstić information content (AvgIpc) is 2.57. The number of esters is 1. The zero-order valence-corrected chi connectivity index (χ0v) is 14.4. The van der Waals surface area contributed by atoms with Crippen molar-refractivity contribution in [2.24, 2.45) is 0 Å². The maximum absolute atomic E-state index is 12.7. The Morgan fingerprint density at radius 1 is 1.04 bits per heavy atom. The van der Waals surface area contributed by atoms with Gasteiger partial charge in [-0.15, -0.1) is 0 Å². The molecule has 0 saturated carbocycles. The summed E-state index contributed by atoms with van der Waals surface area (Å²) in [6.45, 7) is 3.11. The highest BCUT2D eigenvalue weighted by atomic mass is 32.2. The summed E-state index contributed by atoms with van der Waals surface area (Å²) in [6.07, 6.45) is 1.06. The molecular weight excluding hydrogens is 340 g/mol. The number of ether oxygens (including phenoxy) is 1. The number of carbonyl (C=O) groups excluding carboxylic acids is 3. The fourth-order valence-electron chi connectivity index (χ4n) is 2.53. The summed E-state index contributed by atoms with van der Waals surface area (Å²) in [5.41, 5.74) is 1.10. The molecule has 0 amide bonds. The predicted octanol–water partition coefficient (Wildman–Crippen LogP) is 2.99. The lowest BCUT2D eigenvalue weighted by Gasteiger charge is -2.17. The minimum Gasteiger partial charge on any atom is -0.426 e. The second kappa shape index (κ2) is 6.57. The lowest BCUT2D eigenvalue weighted by Crippen LogP contribution is -2.21. The molecule has 2 aromatic carbocycles. The van der Waals surface area contributed by atoms with Crippen molar-refractivity contribution in [1.29, 1.82) is 0 Å². The molecule has 0 spiro atoms. The Kier molecular flexibility index (Phi) is 4.46. The molecule has 0 radical (unpaired) electrons. The molecule has 5 nitrogen and oxygen atoms in total. The number of fused-ring (bicyclic) bond motifs is 1. The number of aryl methyl sites for hydroxylation is 1. The smallest absolute Gasteiger partial charge is 0.308 e. The van der Waals surface area contributed by atoms with Crippen LogP contribution in [0.15, 0.2) is 58.3 Å². The molecule has 1 unspecified atom stereocenters. The van der Waals surface area contributed by atoms with Crippen LogP contribution in [0.25, 0.3) is 0 Å². The van der Waals surface area contributed by atoms with Crippen molar-refractivity contribution in [2.45, 2.75) is 18.7 Å². The predicted molar refractivity (Wildman–Crippen MR) is 92.1 cm³/mol. The fraction of sp³-hybridized carbons (Fsp3) is 0.105. The molecule has 0 bridgehead atoms. The topological polar surface area (TPSA) is 77.5 Å². The third kappa shape index (κ3) is 3.21. The van der Waals surface area contributed by atoms with E-state index in [-0.39, 0.29) is 21.8 Å². The van der Waals surface area contributed by atoms with Crippen LogP contribution in [0.4, 0.5) is 0 Å². The average molecular weight is 354 g/mol. The SMILES string of the molecule is CC(=O)Oc1cccc2c1C(=O)C=C(S(=O)c1ccc(C)cc1)C2=O. The summed E-state index contributed by atoms with van der Waals surface area (Å²) in [5, 5.41) is 0. The Morgan fingerprint density at radius 2 is 1.72 bits per heavy atom. The lowest BCUT2D eigenvalue weighted by atomic mass is 9.94. The molecule has 1 atom stereocenters. The normalized spacial score (nSPS) is 14.6. The van der Waals surface area contributed by atoms with E-state index in [1.165, 1.54) is 25.1 Å². The third-order valence-electron chi connectivity index (χ3n) is 3.69. The van der Waals surface area contributed by atoms with Gasteiger partial charge in [0.25, 0.3) is 0 Å². The molecule has 2 aromatic rings. The molecule has 0 N–H and O–H groups in total. The van der Waals surface area contributed by atoms with E-state index in [1.807, 2.05) is 6.92 Å². The number of Topliss-reactive ketones (excluding diaryl/α,β-unsaturated/α-hetero) is 1. The second-order valence-electron chi connectivity index (χ2n) is 5.56. The van der Waals surface area contributed by atoms with E-state index in [2.05, 4.69) is 0 Å². The monoisotopic (exact) mass is 354 g/mol. The number of ketones is 2. The van der Waals surface area contributed by atoms with E-state index in [9.17, 15) is 18.6 Å². The van der Waals surface area contributed by atoms with Gasteiger partial charge in [-0.05, 0) is 31.2 Å². The van der Waals surface area contributed by atoms with E-state index in [0.29, 0.717) is 4.90 Å². The van der Waals surface area contributed by atoms with Gasteiger partial charge in [0.15, 0.2) is 5.78 Å². The summed E-state index contributed by atoms with van der Waals surface area (Å²) in [4.78, 5) is 36.8. The molecule has 1 aliphatic rings. The maximum atomic E-state index is 12.7. The van der Waals surface area contributed by atoms with Crippen LogP contribution in [-0.4, -0.2) is 21.7 Å². The fourth-order valence-corrected chi connectivity index (χ4v) is 3.66. The molecule has 0 aliphatic heterocycles. The summed E-state index contributed by atoms with van der Waals surface area (Å²) < 4.78 is 17.7. The Morgan fingerprint density at radius 3 is 2.36 bits per heavy atom. The molecule has 0 heterocycles. The lowest BCUT2D eigenvalue weighted by molar-refractivity contribution is -0.131. The zero-order chi connectivity index (χ0) is 18.1. The van der Waals surface area contributed by atoms with Crippen molar-refractivity contribution in [2.75, 3.05) is 0 Å². The first-order chi connectivity index (χ1) is 11.9. The van der Waals surface area contributed by atoms with Crippen LogP contribution in [-0.2, 0) is 15.6 Å². The van der Waals surface area contributed by atoms with E-state index in [1.54, 1.807) is 24.3 Å². The number of allylic oxidation sites excluding steroid dienone is 2. The van der Waals surface area contributed by atoms with Gasteiger partial charge in [0.2, 0.25) is 5.78 Å². The van der Waals surface area contributed by atoms with Crippen LogP contribution >= 0.6 is 0 Å². The highest BCUT2D eigenvalue weighted by Gasteiger charge is 2.32. The largest absolute Gasteiger partial charge is 0.426 e. The van der Waals surface area contributed by atoms with Crippen molar-refractivity contribution < 1.29 is 23.3 Å². The van der Waals surface area contributed by atoms with E-state index < -0.39 is 28.3 Å². The number of benzene rings is 2. The van der Waals surface area contributed by atoms with Crippen LogP contribution in [0, 0.1) is 6.92 Å². The number of rotatable bonds is 3. The third-order valence-corrected chi connectivity index (χ3v) is 5.09. The van der Waals surface area contributed by atoms with Gasteiger partial charge in [0, 0.05) is 23.5 Å². The van der Waals surface area contributed by atoms with Crippen molar-refractivity contribution in [3.63, 3.8) is 0 Å². The standard InChI is InChI=1S/C19H14O5S/c1-11-6-8-13(9-7-11)25(23)17-10-15(21)18-14(19(17)22)4-3-5-16(18)24-12(2)20/h3-10H,1-2H3. The number of carbonyl (C=O) groups is 3. The first-order valence-corrected chi connectivity index (χ1v) is 8.64. The summed E-state index contributed by atoms with van der Waals surface area (Å²) in [7, 11) is -1.77. The molecule has 6 heteroatoms. The maximum Gasteiger partial charge on any atom is 0.308 e. The van der Waals surface area contributed by atoms with Crippen molar-refractivity contribution in [3.05, 3.63) is 70.1 Å². The van der Waals surface area contributed by atoms with Crippen molar-refractivity contribution in [3.8, 4) is 5.75 Å². The van der Waals surface area contributed by atoms with Gasteiger partial charge in [-0.3, -0.25) is 14.4 Å². The zero-order valence-electron chi connectivity index (χ0n) is 13.6. The molecule has 0 fully saturated rings. The summed E-state index contributed by atoms with van der Waals surface area (Å²) >= 11 is 0. The summed E-state index contributed by atoms with van der Waals surface area (Å²) in [6, 6.07) is 11.3. The van der Waals surface area contributed by atoms with Crippen LogP contribution in [0.2, 0.25) is 0 Å². The quantitative estimate of drug-likeness (QED) is 0.625. The van der Waals surface area contributed by atoms with Gasteiger partial charge in [-0.2, -0.15) is 0 Å². The molecule has 0 aromatic heterocycles. The van der Waals surface area contributed by atoms with Crippen LogP contribution < -0.4 is 4.74 Å². The molecule has 0 saturated heterocycles. The molecular formula is C19H14O5S. The van der Waals surface area contributed by atoms with Gasteiger partial charge in [-0.1, -0.05) is 23.8 Å². The van der Waals surface area contributed by atoms with Gasteiger partial charge in [0.1, 0.15) is 5.75 Å². The van der Waals surface area contributed by atoms with Gasteiger partial charge < -0.3 is 4.74 Å². The van der Waals surface area contributed by atoms with Crippen molar-refractivity contribution in [1.82, 2.24) is 0 Å². The Balaban J connectivity index is 2.04. The Hall–Kier alpha value is -2.86. The van der Waals surface area contributed by atoms with Crippen molar-refractivity contribution >= 4 is 28.3 Å². The Labute approximate surface area is 146 Å². The van der Waals surface area contributed by atoms with Gasteiger partial charge >= 0.3 is 5.97 Å². The molecule has 25 heavy (non-hydrogen) atoms. The van der Waals surface area contributed by atoms with E-state index >= 15 is 0 Å². The van der Waals surface area contributed by atoms with E-state index in [0.717, 1.165) is 11.6 Å². The molecule has 126 valence electrons. The summed E-state index contributed by atoms with van der Waals surface area (Å²) in [5.74, 6) is -1.59. The minimum absolute atomic E-state index is 0.0207. The molecule has 3 rings (SSSR count). The van der Waals surface area contributed by atoms with E-state index in [4.69, 9.17) is 4.74 Å². The Bertz CT molecular complexity index is 954. The van der Waals surface area contributed by atoms with Crippen LogP contribution in [0.3, 0.4) is 0 Å². The second-order valence-corrected chi connectivity index (χ2v) is 7.00. The number of hydrogen-bond acceptors (Lipinski definition) is 5. The van der Waals surface area contributed by atoms with Crippen LogP contribution in [0.1, 0.15) is 33.2 Å². The number of hydrogen-bond donors (Lipinski definition) is 0. The highest BCUT2D eigenvalue weighted by molar-refractivity contribution is 7.90. The highest BCUT2D eigenvalue weighted by Crippen LogP contribution is 2.32. The molecule has 1 aliphatic carbocycles.